The van der Waals surface area contributed by atoms with Gasteiger partial charge in [-0.05, 0) is 19.8 Å². The van der Waals surface area contributed by atoms with Gasteiger partial charge in [-0.1, -0.05) is 20.3 Å². The maximum atomic E-state index is 5.71. The molecule has 0 aromatic heterocycles. The van der Waals surface area contributed by atoms with Crippen LogP contribution >= 0.6 is 0 Å². The Morgan fingerprint density at radius 2 is 2.06 bits per heavy atom. The van der Waals surface area contributed by atoms with E-state index >= 15 is 0 Å². The fourth-order valence-electron chi connectivity index (χ4n) is 2.14. The lowest BCUT2D eigenvalue weighted by atomic mass is 10.3. The van der Waals surface area contributed by atoms with Crippen LogP contribution in [0.25, 0.3) is 0 Å². The largest absolute Gasteiger partial charge is 0.342 e. The van der Waals surface area contributed by atoms with Crippen LogP contribution in [0.4, 0.5) is 0 Å². The molecule has 0 atom stereocenters. The highest BCUT2D eigenvalue weighted by atomic mass is 16.5. The highest BCUT2D eigenvalue weighted by Crippen LogP contribution is 2.07. The lowest BCUT2D eigenvalue weighted by molar-refractivity contribution is -0.560. The van der Waals surface area contributed by atoms with Gasteiger partial charge in [0.1, 0.15) is 13.1 Å². The molecule has 3 nitrogen and oxygen atoms in total. The lowest BCUT2D eigenvalue weighted by Gasteiger charge is -2.10. The van der Waals surface area contributed by atoms with Gasteiger partial charge in [0.25, 0.3) is 0 Å². The van der Waals surface area contributed by atoms with Crippen molar-refractivity contribution in [1.82, 2.24) is 4.90 Å². The van der Waals surface area contributed by atoms with Gasteiger partial charge in [0.2, 0.25) is 5.84 Å². The average molecular weight is 227 g/mol. The van der Waals surface area contributed by atoms with Gasteiger partial charge in [0.15, 0.2) is 6.73 Å². The average Bonchev–Trinajstić information content (AvgIpc) is 2.68. The lowest BCUT2D eigenvalue weighted by Crippen LogP contribution is -2.29. The van der Waals surface area contributed by atoms with Crippen LogP contribution in [-0.2, 0) is 4.74 Å². The van der Waals surface area contributed by atoms with Crippen LogP contribution in [0.15, 0.2) is 0 Å². The zero-order chi connectivity index (χ0) is 11.8. The Balaban J connectivity index is 2.43. The van der Waals surface area contributed by atoms with E-state index in [1.54, 1.807) is 0 Å². The Hall–Kier alpha value is -0.570. The molecular weight excluding hydrogens is 200 g/mol. The molecule has 0 bridgehead atoms. The van der Waals surface area contributed by atoms with Crippen LogP contribution in [0.3, 0.4) is 0 Å². The van der Waals surface area contributed by atoms with E-state index in [1.807, 2.05) is 0 Å². The summed E-state index contributed by atoms with van der Waals surface area (Å²) in [6.07, 6.45) is 4.79. The van der Waals surface area contributed by atoms with E-state index in [1.165, 1.54) is 38.1 Å². The molecule has 0 saturated carbocycles. The molecule has 1 aliphatic rings. The first kappa shape index (κ1) is 13.5. The maximum absolute atomic E-state index is 5.71. The Bertz CT molecular complexity index is 226. The van der Waals surface area contributed by atoms with Crippen molar-refractivity contribution in [3.63, 3.8) is 0 Å². The fraction of sp³-hybridized carbons (Fsp3) is 0.923. The molecule has 94 valence electrons. The summed E-state index contributed by atoms with van der Waals surface area (Å²) in [6.45, 7) is 11.8. The van der Waals surface area contributed by atoms with Gasteiger partial charge in [-0.3, -0.25) is 4.90 Å². The Labute approximate surface area is 100 Å². The SMILES string of the molecule is CCCCOC[N+]1=C(CCC)N(CC)CC1. The second kappa shape index (κ2) is 7.66. The predicted octanol–water partition coefficient (Wildman–Crippen LogP) is 2.31. The van der Waals surface area contributed by atoms with E-state index in [2.05, 4.69) is 30.2 Å². The van der Waals surface area contributed by atoms with Crippen molar-refractivity contribution in [1.29, 1.82) is 0 Å². The topological polar surface area (TPSA) is 15.5 Å². The molecule has 1 rings (SSSR count). The van der Waals surface area contributed by atoms with Crippen molar-refractivity contribution in [2.24, 2.45) is 0 Å². The normalized spacial score (nSPS) is 16.3. The molecule has 0 aliphatic carbocycles. The third-order valence-electron chi connectivity index (χ3n) is 3.11. The summed E-state index contributed by atoms with van der Waals surface area (Å²) in [5.74, 6) is 1.49. The highest BCUT2D eigenvalue weighted by molar-refractivity contribution is 5.78. The standard InChI is InChI=1S/C13H27N2O/c1-4-7-11-16-12-15-10-9-14(6-3)13(15)8-5-2/h4-12H2,1-3H3/q+1. The van der Waals surface area contributed by atoms with Crippen LogP contribution in [-0.4, -0.2) is 48.3 Å². The number of ether oxygens (including phenoxy) is 1. The molecule has 0 unspecified atom stereocenters. The second-order valence-electron chi connectivity index (χ2n) is 4.40. The van der Waals surface area contributed by atoms with Crippen LogP contribution in [0, 0.1) is 0 Å². The van der Waals surface area contributed by atoms with Crippen molar-refractivity contribution >= 4 is 5.84 Å². The van der Waals surface area contributed by atoms with Gasteiger partial charge in [-0.25, -0.2) is 4.58 Å². The van der Waals surface area contributed by atoms with Gasteiger partial charge in [0, 0.05) is 6.42 Å². The van der Waals surface area contributed by atoms with Gasteiger partial charge in [-0.2, -0.15) is 0 Å². The molecule has 0 radical (unpaired) electrons. The third kappa shape index (κ3) is 3.78. The van der Waals surface area contributed by atoms with Crippen molar-refractivity contribution < 1.29 is 9.31 Å². The van der Waals surface area contributed by atoms with Crippen LogP contribution < -0.4 is 0 Å². The highest BCUT2D eigenvalue weighted by Gasteiger charge is 2.27. The number of hydrogen-bond acceptors (Lipinski definition) is 2. The van der Waals surface area contributed by atoms with Crippen LogP contribution in [0.2, 0.25) is 0 Å². The molecule has 16 heavy (non-hydrogen) atoms. The quantitative estimate of drug-likeness (QED) is 0.467. The van der Waals surface area contributed by atoms with Crippen molar-refractivity contribution in [2.75, 3.05) is 33.0 Å². The summed E-state index contributed by atoms with van der Waals surface area (Å²) in [7, 11) is 0. The number of likely N-dealkylation sites (N-methyl/N-ethyl adjacent to an activating group) is 1. The fourth-order valence-corrected chi connectivity index (χ4v) is 2.14. The summed E-state index contributed by atoms with van der Waals surface area (Å²) in [5.41, 5.74) is 0. The number of amidine groups is 1. The minimum absolute atomic E-state index is 0.784. The number of rotatable bonds is 8. The monoisotopic (exact) mass is 227 g/mol. The Morgan fingerprint density at radius 1 is 1.25 bits per heavy atom. The molecule has 0 aromatic carbocycles. The number of hydrogen-bond donors (Lipinski definition) is 0. The van der Waals surface area contributed by atoms with E-state index < -0.39 is 0 Å². The van der Waals surface area contributed by atoms with Crippen LogP contribution in [0.5, 0.6) is 0 Å². The van der Waals surface area contributed by atoms with E-state index in [0.717, 1.165) is 26.4 Å². The molecule has 0 fully saturated rings. The van der Waals surface area contributed by atoms with Gasteiger partial charge in [0.05, 0.1) is 13.2 Å². The van der Waals surface area contributed by atoms with Crippen molar-refractivity contribution in [3.8, 4) is 0 Å². The molecular formula is C13H27N2O+. The first-order valence-corrected chi connectivity index (χ1v) is 6.76. The first-order valence-electron chi connectivity index (χ1n) is 6.76. The molecule has 3 heteroatoms. The van der Waals surface area contributed by atoms with Crippen LogP contribution in [0.1, 0.15) is 46.5 Å². The molecule has 0 N–H and O–H groups in total. The van der Waals surface area contributed by atoms with Gasteiger partial charge >= 0.3 is 0 Å². The maximum Gasteiger partial charge on any atom is 0.248 e. The Kier molecular flexibility index (Phi) is 6.46. The Morgan fingerprint density at radius 3 is 2.69 bits per heavy atom. The van der Waals surface area contributed by atoms with E-state index in [-0.39, 0.29) is 0 Å². The van der Waals surface area contributed by atoms with E-state index in [0.29, 0.717) is 0 Å². The summed E-state index contributed by atoms with van der Waals surface area (Å²) < 4.78 is 8.11. The molecule has 0 saturated heterocycles. The summed E-state index contributed by atoms with van der Waals surface area (Å²) in [4.78, 5) is 2.48. The zero-order valence-corrected chi connectivity index (χ0v) is 11.2. The zero-order valence-electron chi connectivity index (χ0n) is 11.2. The summed E-state index contributed by atoms with van der Waals surface area (Å²) >= 11 is 0. The molecule has 1 aliphatic heterocycles. The summed E-state index contributed by atoms with van der Waals surface area (Å²) in [5, 5.41) is 0. The number of unbranched alkanes of at least 4 members (excludes halogenated alkanes) is 1. The minimum Gasteiger partial charge on any atom is -0.342 e. The minimum atomic E-state index is 0.784. The number of nitrogens with zero attached hydrogens (tertiary/aromatic N) is 2. The molecule has 1 heterocycles. The third-order valence-corrected chi connectivity index (χ3v) is 3.11. The molecule has 0 amide bonds. The van der Waals surface area contributed by atoms with E-state index in [9.17, 15) is 0 Å². The summed E-state index contributed by atoms with van der Waals surface area (Å²) in [6, 6.07) is 0. The predicted molar refractivity (Wildman–Crippen MR) is 68.0 cm³/mol. The van der Waals surface area contributed by atoms with E-state index in [4.69, 9.17) is 4.74 Å². The van der Waals surface area contributed by atoms with Crippen molar-refractivity contribution in [3.05, 3.63) is 0 Å². The molecule has 0 aromatic rings. The smallest absolute Gasteiger partial charge is 0.248 e. The van der Waals surface area contributed by atoms with Gasteiger partial charge in [-0.15, -0.1) is 0 Å². The second-order valence-corrected chi connectivity index (χ2v) is 4.40. The van der Waals surface area contributed by atoms with Crippen molar-refractivity contribution in [2.45, 2.75) is 46.5 Å². The first-order chi connectivity index (χ1) is 7.83. The van der Waals surface area contributed by atoms with Gasteiger partial charge < -0.3 is 4.74 Å². The molecule has 0 spiro atoms.